The van der Waals surface area contributed by atoms with Crippen molar-refractivity contribution in [1.29, 1.82) is 0 Å². The molecule has 0 spiro atoms. The van der Waals surface area contributed by atoms with E-state index in [1.165, 1.54) is 18.2 Å². The third-order valence-corrected chi connectivity index (χ3v) is 2.77. The van der Waals surface area contributed by atoms with E-state index in [1.807, 2.05) is 0 Å². The van der Waals surface area contributed by atoms with E-state index in [0.717, 1.165) is 0 Å². The number of aliphatic carboxylic acids is 1. The van der Waals surface area contributed by atoms with E-state index in [2.05, 4.69) is 5.32 Å². The second kappa shape index (κ2) is 5.73. The maximum Gasteiger partial charge on any atom is 0.326 e. The number of nitrogens with one attached hydrogen (secondary N) is 1. The molecule has 1 atom stereocenters. The fourth-order valence-corrected chi connectivity index (χ4v) is 1.72. The Bertz CT molecular complexity index is 474. The first kappa shape index (κ1) is 14.3. The van der Waals surface area contributed by atoms with Gasteiger partial charge in [0, 0.05) is 5.69 Å². The molecule has 1 rings (SSSR count). The average molecular weight is 271 g/mol. The summed E-state index contributed by atoms with van der Waals surface area (Å²) in [6.07, 6.45) is 0. The maximum atomic E-state index is 11.9. The van der Waals surface area contributed by atoms with Crippen LogP contribution in [0.3, 0.4) is 0 Å². The first-order chi connectivity index (χ1) is 8.32. The van der Waals surface area contributed by atoms with Gasteiger partial charge >= 0.3 is 5.97 Å². The Hall–Kier alpha value is -1.75. The number of hydrogen-bond donors (Lipinski definition) is 3. The zero-order chi connectivity index (χ0) is 13.9. The molecule has 0 bridgehead atoms. The van der Waals surface area contributed by atoms with Crippen LogP contribution in [0.4, 0.5) is 5.69 Å². The number of halogens is 1. The van der Waals surface area contributed by atoms with Crippen molar-refractivity contribution in [2.24, 2.45) is 5.92 Å². The van der Waals surface area contributed by atoms with Crippen LogP contribution < -0.4 is 11.1 Å². The summed E-state index contributed by atoms with van der Waals surface area (Å²) < 4.78 is 0. The molecule has 98 valence electrons. The molecule has 0 heterocycles. The highest BCUT2D eigenvalue weighted by Gasteiger charge is 2.24. The van der Waals surface area contributed by atoms with Crippen molar-refractivity contribution in [3.63, 3.8) is 0 Å². The lowest BCUT2D eigenvalue weighted by molar-refractivity contribution is -0.140. The van der Waals surface area contributed by atoms with Crippen molar-refractivity contribution in [1.82, 2.24) is 5.32 Å². The molecule has 0 aliphatic rings. The van der Waals surface area contributed by atoms with Crippen LogP contribution >= 0.6 is 11.6 Å². The number of amides is 1. The summed E-state index contributed by atoms with van der Waals surface area (Å²) >= 11 is 5.88. The highest BCUT2D eigenvalue weighted by molar-refractivity contribution is 6.34. The Morgan fingerprint density at radius 3 is 2.44 bits per heavy atom. The third-order valence-electron chi connectivity index (χ3n) is 2.46. The number of hydrogen-bond acceptors (Lipinski definition) is 3. The lowest BCUT2D eigenvalue weighted by atomic mass is 10.0. The lowest BCUT2D eigenvalue weighted by Crippen LogP contribution is -2.44. The molecule has 1 aromatic carbocycles. The summed E-state index contributed by atoms with van der Waals surface area (Å²) in [5.41, 5.74) is 6.16. The SMILES string of the molecule is CC(C)[C@H](NC(=O)c1ccc(N)cc1Cl)C(=O)O. The zero-order valence-electron chi connectivity index (χ0n) is 10.1. The molecule has 0 saturated heterocycles. The van der Waals surface area contributed by atoms with Gasteiger partial charge in [-0.3, -0.25) is 4.79 Å². The average Bonchev–Trinajstić information content (AvgIpc) is 2.24. The van der Waals surface area contributed by atoms with Crippen LogP contribution in [0.2, 0.25) is 5.02 Å². The standard InChI is InChI=1S/C12H15ClN2O3/c1-6(2)10(12(17)18)15-11(16)8-4-3-7(14)5-9(8)13/h3-6,10H,14H2,1-2H3,(H,15,16)(H,17,18)/t10-/m0/s1. The van der Waals surface area contributed by atoms with Gasteiger partial charge in [0.15, 0.2) is 0 Å². The fraction of sp³-hybridized carbons (Fsp3) is 0.333. The summed E-state index contributed by atoms with van der Waals surface area (Å²) in [6.45, 7) is 3.42. The van der Waals surface area contributed by atoms with Crippen molar-refractivity contribution < 1.29 is 14.7 Å². The minimum absolute atomic E-state index is 0.195. The molecule has 0 aliphatic heterocycles. The first-order valence-electron chi connectivity index (χ1n) is 5.41. The number of rotatable bonds is 4. The molecule has 1 aromatic rings. The smallest absolute Gasteiger partial charge is 0.326 e. The predicted octanol–water partition coefficient (Wildman–Crippen LogP) is 1.76. The summed E-state index contributed by atoms with van der Waals surface area (Å²) in [7, 11) is 0. The van der Waals surface area contributed by atoms with Gasteiger partial charge < -0.3 is 16.2 Å². The van der Waals surface area contributed by atoms with Gasteiger partial charge in [-0.2, -0.15) is 0 Å². The number of carboxylic acid groups (broad SMARTS) is 1. The van der Waals surface area contributed by atoms with Gasteiger partial charge in [0.1, 0.15) is 6.04 Å². The van der Waals surface area contributed by atoms with Gasteiger partial charge in [-0.25, -0.2) is 4.79 Å². The molecular weight excluding hydrogens is 256 g/mol. The molecule has 0 fully saturated rings. The minimum atomic E-state index is -1.08. The molecular formula is C12H15ClN2O3. The normalized spacial score (nSPS) is 12.2. The number of anilines is 1. The van der Waals surface area contributed by atoms with Crippen molar-refractivity contribution in [3.8, 4) is 0 Å². The highest BCUT2D eigenvalue weighted by Crippen LogP contribution is 2.19. The highest BCUT2D eigenvalue weighted by atomic mass is 35.5. The van der Waals surface area contributed by atoms with Crippen LogP contribution in [-0.2, 0) is 4.79 Å². The van der Waals surface area contributed by atoms with Crippen molar-refractivity contribution in [2.75, 3.05) is 5.73 Å². The monoisotopic (exact) mass is 270 g/mol. The minimum Gasteiger partial charge on any atom is -0.480 e. The van der Waals surface area contributed by atoms with Crippen LogP contribution in [0.15, 0.2) is 18.2 Å². The summed E-state index contributed by atoms with van der Waals surface area (Å²) in [5, 5.41) is 11.6. The van der Waals surface area contributed by atoms with Crippen LogP contribution in [-0.4, -0.2) is 23.0 Å². The van der Waals surface area contributed by atoms with Gasteiger partial charge in [-0.15, -0.1) is 0 Å². The number of nitrogens with two attached hydrogens (primary N) is 1. The van der Waals surface area contributed by atoms with Gasteiger partial charge in [0.05, 0.1) is 10.6 Å². The predicted molar refractivity (Wildman–Crippen MR) is 69.6 cm³/mol. The Morgan fingerprint density at radius 2 is 2.00 bits per heavy atom. The number of nitrogen functional groups attached to an aromatic ring is 1. The molecule has 5 nitrogen and oxygen atoms in total. The quantitative estimate of drug-likeness (QED) is 0.727. The van der Waals surface area contributed by atoms with Crippen LogP contribution in [0.5, 0.6) is 0 Å². The van der Waals surface area contributed by atoms with Crippen LogP contribution in [0.1, 0.15) is 24.2 Å². The number of benzene rings is 1. The summed E-state index contributed by atoms with van der Waals surface area (Å²) in [4.78, 5) is 22.9. The van der Waals surface area contributed by atoms with Gasteiger partial charge in [-0.05, 0) is 24.1 Å². The van der Waals surface area contributed by atoms with Crippen molar-refractivity contribution >= 4 is 29.2 Å². The number of carboxylic acids is 1. The molecule has 0 radical (unpaired) electrons. The topological polar surface area (TPSA) is 92.4 Å². The van der Waals surface area contributed by atoms with Crippen LogP contribution in [0.25, 0.3) is 0 Å². The molecule has 6 heteroatoms. The van der Waals surface area contributed by atoms with E-state index in [0.29, 0.717) is 5.69 Å². The maximum absolute atomic E-state index is 11.9. The molecule has 1 amide bonds. The Balaban J connectivity index is 2.91. The van der Waals surface area contributed by atoms with E-state index < -0.39 is 17.9 Å². The third kappa shape index (κ3) is 3.37. The first-order valence-corrected chi connectivity index (χ1v) is 5.79. The fourth-order valence-electron chi connectivity index (χ4n) is 1.45. The van der Waals surface area contributed by atoms with E-state index in [9.17, 15) is 9.59 Å². The molecule has 4 N–H and O–H groups in total. The molecule has 0 aromatic heterocycles. The second-order valence-corrected chi connectivity index (χ2v) is 4.68. The largest absolute Gasteiger partial charge is 0.480 e. The van der Waals surface area contributed by atoms with Crippen molar-refractivity contribution in [2.45, 2.75) is 19.9 Å². The van der Waals surface area contributed by atoms with E-state index in [-0.39, 0.29) is 16.5 Å². The zero-order valence-corrected chi connectivity index (χ0v) is 10.9. The van der Waals surface area contributed by atoms with Gasteiger partial charge in [-0.1, -0.05) is 25.4 Å². The second-order valence-electron chi connectivity index (χ2n) is 4.27. The summed E-state index contributed by atoms with van der Waals surface area (Å²) in [6, 6.07) is 3.49. The lowest BCUT2D eigenvalue weighted by Gasteiger charge is -2.18. The molecule has 18 heavy (non-hydrogen) atoms. The van der Waals surface area contributed by atoms with Gasteiger partial charge in [0.25, 0.3) is 5.91 Å². The number of carbonyl (C=O) groups excluding carboxylic acids is 1. The Morgan fingerprint density at radius 1 is 1.39 bits per heavy atom. The molecule has 0 aliphatic carbocycles. The summed E-state index contributed by atoms with van der Waals surface area (Å²) in [5.74, 6) is -1.83. The molecule has 0 unspecified atom stereocenters. The Kier molecular flexibility index (Phi) is 4.55. The van der Waals surface area contributed by atoms with Crippen LogP contribution in [0, 0.1) is 5.92 Å². The van der Waals surface area contributed by atoms with E-state index in [4.69, 9.17) is 22.4 Å². The number of carbonyl (C=O) groups is 2. The van der Waals surface area contributed by atoms with Crippen molar-refractivity contribution in [3.05, 3.63) is 28.8 Å². The Labute approximate surface area is 110 Å². The van der Waals surface area contributed by atoms with Gasteiger partial charge in [0.2, 0.25) is 0 Å². The van der Waals surface area contributed by atoms with E-state index >= 15 is 0 Å². The molecule has 0 saturated carbocycles. The van der Waals surface area contributed by atoms with E-state index in [1.54, 1.807) is 13.8 Å².